The summed E-state index contributed by atoms with van der Waals surface area (Å²) < 4.78 is 7.26. The number of aromatic nitrogens is 3. The van der Waals surface area contributed by atoms with E-state index in [0.717, 1.165) is 31.6 Å². The van der Waals surface area contributed by atoms with Gasteiger partial charge in [0.2, 0.25) is 0 Å². The number of nitrogens with zero attached hydrogens (tertiary/aromatic N) is 3. The van der Waals surface area contributed by atoms with Crippen molar-refractivity contribution >= 4 is 16.9 Å². The van der Waals surface area contributed by atoms with E-state index < -0.39 is 0 Å². The van der Waals surface area contributed by atoms with Gasteiger partial charge in [-0.25, -0.2) is 9.78 Å². The smallest absolute Gasteiger partial charge is 0.356 e. The third kappa shape index (κ3) is 2.97. The van der Waals surface area contributed by atoms with Crippen molar-refractivity contribution in [2.24, 2.45) is 5.92 Å². The van der Waals surface area contributed by atoms with Gasteiger partial charge < -0.3 is 19.2 Å². The zero-order valence-corrected chi connectivity index (χ0v) is 17.3. The number of fused-ring (bicyclic) bond motifs is 2. The highest BCUT2D eigenvalue weighted by Crippen LogP contribution is 2.44. The molecular formula is C23H28N4O2. The third-order valence-corrected chi connectivity index (χ3v) is 6.76. The van der Waals surface area contributed by atoms with E-state index in [2.05, 4.69) is 46.3 Å². The lowest BCUT2D eigenvalue weighted by molar-refractivity contribution is 0.0507. The Hall–Kier alpha value is -2.60. The molecule has 1 saturated heterocycles. The lowest BCUT2D eigenvalue weighted by atomic mass is 9.72. The molecule has 1 aromatic carbocycles. The molecule has 29 heavy (non-hydrogen) atoms. The van der Waals surface area contributed by atoms with Gasteiger partial charge in [0.25, 0.3) is 0 Å². The van der Waals surface area contributed by atoms with E-state index >= 15 is 0 Å². The van der Waals surface area contributed by atoms with E-state index in [0.29, 0.717) is 30.2 Å². The van der Waals surface area contributed by atoms with E-state index in [-0.39, 0.29) is 5.97 Å². The van der Waals surface area contributed by atoms with Crippen molar-refractivity contribution in [2.45, 2.75) is 45.2 Å². The minimum absolute atomic E-state index is 0.274. The molecule has 0 spiro atoms. The average molecular weight is 393 g/mol. The molecule has 2 aliphatic rings. The second kappa shape index (κ2) is 7.02. The van der Waals surface area contributed by atoms with Crippen LogP contribution in [-0.4, -0.2) is 51.6 Å². The van der Waals surface area contributed by atoms with Crippen LogP contribution in [-0.2, 0) is 17.7 Å². The predicted molar refractivity (Wildman–Crippen MR) is 112 cm³/mol. The number of esters is 1. The molecule has 0 saturated carbocycles. The van der Waals surface area contributed by atoms with Crippen molar-refractivity contribution in [2.75, 3.05) is 20.2 Å². The summed E-state index contributed by atoms with van der Waals surface area (Å²) in [4.78, 5) is 22.8. The Morgan fingerprint density at radius 2 is 2.24 bits per heavy atom. The first-order chi connectivity index (χ1) is 14.1. The van der Waals surface area contributed by atoms with Crippen molar-refractivity contribution in [3.8, 4) is 0 Å². The second-order valence-corrected chi connectivity index (χ2v) is 8.55. The van der Waals surface area contributed by atoms with Gasteiger partial charge in [0.1, 0.15) is 5.69 Å². The molecule has 1 unspecified atom stereocenters. The highest BCUT2D eigenvalue weighted by Gasteiger charge is 2.39. The number of piperidine rings is 1. The molecule has 3 atom stereocenters. The Labute approximate surface area is 170 Å². The number of nitrogens with one attached hydrogen (secondary N) is 1. The fourth-order valence-corrected chi connectivity index (χ4v) is 5.55. The molecule has 152 valence electrons. The van der Waals surface area contributed by atoms with E-state index in [9.17, 15) is 4.79 Å². The first-order valence-electron chi connectivity index (χ1n) is 10.5. The molecule has 1 fully saturated rings. The van der Waals surface area contributed by atoms with Gasteiger partial charge in [-0.1, -0.05) is 12.1 Å². The van der Waals surface area contributed by atoms with Crippen LogP contribution >= 0.6 is 0 Å². The van der Waals surface area contributed by atoms with Crippen LogP contribution in [0.5, 0.6) is 0 Å². The standard InChI is InChI=1S/C23H28N4O2/c1-4-29-23(28)22-14(2)25-13-27(22)12-15-8-18-17-6-5-7-19-21(17)16(10-24-19)9-20(18)26(3)11-15/h5-7,10,13,15,18,20,24H,4,8-9,11-12H2,1-3H3/t15-,18?,20-/m1/s1. The number of imidazole rings is 1. The number of rotatable bonds is 4. The van der Waals surface area contributed by atoms with Crippen molar-refractivity contribution in [3.63, 3.8) is 0 Å². The van der Waals surface area contributed by atoms with Gasteiger partial charge in [0.05, 0.1) is 18.6 Å². The van der Waals surface area contributed by atoms with Crippen molar-refractivity contribution < 1.29 is 9.53 Å². The predicted octanol–water partition coefficient (Wildman–Crippen LogP) is 3.51. The highest BCUT2D eigenvalue weighted by atomic mass is 16.5. The Balaban J connectivity index is 1.44. The zero-order chi connectivity index (χ0) is 20.1. The number of likely N-dealkylation sites (tertiary alicyclic amines) is 1. The Morgan fingerprint density at radius 1 is 1.38 bits per heavy atom. The van der Waals surface area contributed by atoms with Crippen LogP contribution in [0.1, 0.15) is 46.6 Å². The molecule has 0 bridgehead atoms. The van der Waals surface area contributed by atoms with Gasteiger partial charge >= 0.3 is 5.97 Å². The van der Waals surface area contributed by atoms with Crippen LogP contribution in [0.4, 0.5) is 0 Å². The number of H-pyrrole nitrogens is 1. The van der Waals surface area contributed by atoms with Crippen molar-refractivity contribution in [1.82, 2.24) is 19.4 Å². The summed E-state index contributed by atoms with van der Waals surface area (Å²) in [5.74, 6) is 0.698. The quantitative estimate of drug-likeness (QED) is 0.690. The summed E-state index contributed by atoms with van der Waals surface area (Å²) in [6.45, 7) is 5.90. The molecule has 0 radical (unpaired) electrons. The van der Waals surface area contributed by atoms with Gasteiger partial charge in [-0.3, -0.25) is 0 Å². The van der Waals surface area contributed by atoms with Crippen LogP contribution in [0.2, 0.25) is 0 Å². The maximum Gasteiger partial charge on any atom is 0.356 e. The Morgan fingerprint density at radius 3 is 3.07 bits per heavy atom. The highest BCUT2D eigenvalue weighted by molar-refractivity contribution is 5.89. The van der Waals surface area contributed by atoms with E-state index in [1.54, 1.807) is 6.33 Å². The van der Waals surface area contributed by atoms with Gasteiger partial charge in [-0.05, 0) is 56.8 Å². The number of aryl methyl sites for hydroxylation is 1. The van der Waals surface area contributed by atoms with E-state index in [1.165, 1.54) is 22.0 Å². The van der Waals surface area contributed by atoms with Gasteiger partial charge in [0.15, 0.2) is 0 Å². The number of hydrogen-bond acceptors (Lipinski definition) is 4. The molecule has 1 aliphatic carbocycles. The molecular weight excluding hydrogens is 364 g/mol. The fraction of sp³-hybridized carbons (Fsp3) is 0.478. The van der Waals surface area contributed by atoms with Crippen LogP contribution in [0.25, 0.3) is 10.9 Å². The Kier molecular flexibility index (Phi) is 4.46. The summed E-state index contributed by atoms with van der Waals surface area (Å²) in [5, 5.41) is 1.42. The number of hydrogen-bond donors (Lipinski definition) is 1. The molecule has 5 rings (SSSR count). The molecule has 6 heteroatoms. The minimum Gasteiger partial charge on any atom is -0.461 e. The maximum atomic E-state index is 12.4. The van der Waals surface area contributed by atoms with Crippen LogP contribution < -0.4 is 0 Å². The number of aromatic amines is 1. The first kappa shape index (κ1) is 18.4. The Bertz CT molecular complexity index is 1070. The molecule has 3 heterocycles. The van der Waals surface area contributed by atoms with Gasteiger partial charge in [0, 0.05) is 42.1 Å². The second-order valence-electron chi connectivity index (χ2n) is 8.55. The zero-order valence-electron chi connectivity index (χ0n) is 17.3. The van der Waals surface area contributed by atoms with E-state index in [1.807, 2.05) is 18.4 Å². The number of likely N-dealkylation sites (N-methyl/N-ethyl adjacent to an activating group) is 1. The monoisotopic (exact) mass is 392 g/mol. The van der Waals surface area contributed by atoms with Crippen molar-refractivity contribution in [3.05, 3.63) is 53.2 Å². The minimum atomic E-state index is -0.274. The van der Waals surface area contributed by atoms with Crippen molar-refractivity contribution in [1.29, 1.82) is 0 Å². The fourth-order valence-electron chi connectivity index (χ4n) is 5.55. The van der Waals surface area contributed by atoms with E-state index in [4.69, 9.17) is 4.74 Å². The molecule has 0 amide bonds. The summed E-state index contributed by atoms with van der Waals surface area (Å²) in [6, 6.07) is 7.18. The molecule has 6 nitrogen and oxygen atoms in total. The molecule has 2 aromatic heterocycles. The summed E-state index contributed by atoms with van der Waals surface area (Å²) in [5.41, 5.74) is 5.49. The molecule has 1 N–H and O–H groups in total. The summed E-state index contributed by atoms with van der Waals surface area (Å²) >= 11 is 0. The third-order valence-electron chi connectivity index (χ3n) is 6.76. The SMILES string of the molecule is CCOC(=O)c1c(C)ncn1C[C@@H]1CC2c3cccc4[nH]cc(c34)C[C@H]2N(C)C1. The lowest BCUT2D eigenvalue weighted by Crippen LogP contribution is -2.48. The first-order valence-corrected chi connectivity index (χ1v) is 10.5. The average Bonchev–Trinajstić information content (AvgIpc) is 3.28. The largest absolute Gasteiger partial charge is 0.461 e. The topological polar surface area (TPSA) is 63.1 Å². The normalized spacial score (nSPS) is 23.9. The number of carbonyl (C=O) groups excluding carboxylic acids is 1. The van der Waals surface area contributed by atoms with Crippen LogP contribution in [0, 0.1) is 12.8 Å². The number of ether oxygens (including phenoxy) is 1. The summed E-state index contributed by atoms with van der Waals surface area (Å²) in [6.07, 6.45) is 6.20. The molecule has 3 aromatic rings. The lowest BCUT2D eigenvalue weighted by Gasteiger charge is -2.45. The maximum absolute atomic E-state index is 12.4. The molecule has 1 aliphatic heterocycles. The summed E-state index contributed by atoms with van der Waals surface area (Å²) in [7, 11) is 2.24. The van der Waals surface area contributed by atoms with Gasteiger partial charge in [-0.15, -0.1) is 0 Å². The number of carbonyl (C=O) groups is 1. The number of benzene rings is 1. The van der Waals surface area contributed by atoms with Crippen LogP contribution in [0.15, 0.2) is 30.7 Å². The van der Waals surface area contributed by atoms with Crippen LogP contribution in [0.3, 0.4) is 0 Å². The van der Waals surface area contributed by atoms with Gasteiger partial charge in [-0.2, -0.15) is 0 Å².